The zero-order valence-electron chi connectivity index (χ0n) is 15.4. The number of nitrogens with zero attached hydrogens (tertiary/aromatic N) is 3. The Kier molecular flexibility index (Phi) is 4.08. The first-order chi connectivity index (χ1) is 13.5. The van der Waals surface area contributed by atoms with Gasteiger partial charge in [0.1, 0.15) is 17.5 Å². The number of amides is 1. The van der Waals surface area contributed by atoms with Gasteiger partial charge in [0.25, 0.3) is 5.91 Å². The Bertz CT molecular complexity index is 908. The normalized spacial score (nSPS) is 31.1. The quantitative estimate of drug-likeness (QED) is 0.883. The number of hydrogen-bond acceptors (Lipinski definition) is 4. The predicted octanol–water partition coefficient (Wildman–Crippen LogP) is 2.53. The highest BCUT2D eigenvalue weighted by Gasteiger charge is 2.54. The molecule has 3 atom stereocenters. The first kappa shape index (κ1) is 17.6. The van der Waals surface area contributed by atoms with Crippen LogP contribution in [-0.4, -0.2) is 47.5 Å². The van der Waals surface area contributed by atoms with E-state index in [0.29, 0.717) is 29.4 Å². The van der Waals surface area contributed by atoms with Crippen LogP contribution < -0.4 is 10.6 Å². The van der Waals surface area contributed by atoms with Gasteiger partial charge in [-0.1, -0.05) is 0 Å². The molecule has 2 bridgehead atoms. The summed E-state index contributed by atoms with van der Waals surface area (Å²) in [4.78, 5) is 21.1. The molecule has 5 nitrogen and oxygen atoms in total. The minimum absolute atomic E-state index is 0.0546. The molecule has 0 spiro atoms. The lowest BCUT2D eigenvalue weighted by Crippen LogP contribution is -2.60. The molecule has 1 aromatic heterocycles. The van der Waals surface area contributed by atoms with Crippen molar-refractivity contribution in [2.45, 2.75) is 30.8 Å². The number of carbonyl (C=O) groups is 1. The molecule has 4 fully saturated rings. The molecule has 5 heterocycles. The zero-order valence-corrected chi connectivity index (χ0v) is 15.4. The third-order valence-corrected chi connectivity index (χ3v) is 6.63. The number of rotatable bonds is 3. The van der Waals surface area contributed by atoms with E-state index in [1.54, 1.807) is 18.3 Å². The topological polar surface area (TPSA) is 62.5 Å². The molecule has 1 amide bonds. The van der Waals surface area contributed by atoms with Gasteiger partial charge in [0.05, 0.1) is 5.56 Å². The lowest BCUT2D eigenvalue weighted by Gasteiger charge is -2.51. The second-order valence-corrected chi connectivity index (χ2v) is 8.06. The van der Waals surface area contributed by atoms with Gasteiger partial charge in [-0.05, 0) is 61.7 Å². The van der Waals surface area contributed by atoms with Gasteiger partial charge in [-0.15, -0.1) is 0 Å². The van der Waals surface area contributed by atoms with Crippen LogP contribution in [0.5, 0.6) is 0 Å². The van der Waals surface area contributed by atoms with Crippen molar-refractivity contribution in [3.63, 3.8) is 0 Å². The molecule has 2 N–H and O–H groups in total. The molecule has 28 heavy (non-hydrogen) atoms. The standard InChI is InChI=1S/C21H22F2N4O/c22-14-8-13(9-15(23)10-14)17-11-27(21-16(20(24)28)2-1-5-25-21)18-12-3-6-26(7-4-12)19(17)18/h1-2,5,8-10,12,17-19H,3-4,6-7,11H2,(H2,24,28)/t17-,18+,19+/m0/s1. The van der Waals surface area contributed by atoms with Crippen molar-refractivity contribution in [3.05, 3.63) is 59.3 Å². The van der Waals surface area contributed by atoms with Crippen molar-refractivity contribution in [2.24, 2.45) is 11.7 Å². The van der Waals surface area contributed by atoms with Crippen LogP contribution in [0.1, 0.15) is 34.7 Å². The predicted molar refractivity (Wildman–Crippen MR) is 101 cm³/mol. The fourth-order valence-corrected chi connectivity index (χ4v) is 5.56. The van der Waals surface area contributed by atoms with Crippen molar-refractivity contribution >= 4 is 11.7 Å². The van der Waals surface area contributed by atoms with Crippen LogP contribution in [0.15, 0.2) is 36.5 Å². The number of halogens is 2. The summed E-state index contributed by atoms with van der Waals surface area (Å²) in [7, 11) is 0. The first-order valence-electron chi connectivity index (χ1n) is 9.74. The molecular weight excluding hydrogens is 362 g/mol. The molecule has 6 rings (SSSR count). The van der Waals surface area contributed by atoms with Gasteiger partial charge in [-0.2, -0.15) is 0 Å². The van der Waals surface area contributed by atoms with Gasteiger partial charge in [-0.25, -0.2) is 13.8 Å². The maximum absolute atomic E-state index is 13.9. The van der Waals surface area contributed by atoms with E-state index in [2.05, 4.69) is 14.8 Å². The van der Waals surface area contributed by atoms with E-state index in [9.17, 15) is 13.6 Å². The first-order valence-corrected chi connectivity index (χ1v) is 9.74. The van der Waals surface area contributed by atoms with Crippen LogP contribution >= 0.6 is 0 Å². The third kappa shape index (κ3) is 2.68. The van der Waals surface area contributed by atoms with Crippen LogP contribution in [0.3, 0.4) is 0 Å². The molecule has 0 radical (unpaired) electrons. The Balaban J connectivity index is 1.61. The molecule has 0 aliphatic carbocycles. The van der Waals surface area contributed by atoms with Gasteiger partial charge in [0, 0.05) is 36.8 Å². The molecule has 146 valence electrons. The highest BCUT2D eigenvalue weighted by molar-refractivity contribution is 5.97. The van der Waals surface area contributed by atoms with Gasteiger partial charge >= 0.3 is 0 Å². The Morgan fingerprint density at radius 3 is 2.50 bits per heavy atom. The Hall–Kier alpha value is -2.54. The van der Waals surface area contributed by atoms with E-state index in [1.165, 1.54) is 12.1 Å². The van der Waals surface area contributed by atoms with E-state index in [4.69, 9.17) is 5.73 Å². The van der Waals surface area contributed by atoms with Gasteiger partial charge in [-0.3, -0.25) is 9.69 Å². The van der Waals surface area contributed by atoms with Crippen LogP contribution in [0, 0.1) is 17.6 Å². The fraction of sp³-hybridized carbons (Fsp3) is 0.429. The number of benzene rings is 1. The van der Waals surface area contributed by atoms with E-state index in [1.807, 2.05) is 0 Å². The SMILES string of the molecule is NC(=O)c1cccnc1N1C[C@@H](c2cc(F)cc(F)c2)[C@@H]2[C@H]1C1CCN2CC1. The van der Waals surface area contributed by atoms with Gasteiger partial charge < -0.3 is 10.6 Å². The van der Waals surface area contributed by atoms with Crippen molar-refractivity contribution in [1.29, 1.82) is 0 Å². The number of pyridine rings is 1. The lowest BCUT2D eigenvalue weighted by atomic mass is 9.75. The highest BCUT2D eigenvalue weighted by atomic mass is 19.1. The molecule has 2 aromatic rings. The van der Waals surface area contributed by atoms with Crippen LogP contribution in [-0.2, 0) is 0 Å². The number of anilines is 1. The largest absolute Gasteiger partial charge is 0.365 e. The number of fused-ring (bicyclic) bond motifs is 2. The molecule has 1 aromatic carbocycles. The second-order valence-electron chi connectivity index (χ2n) is 8.06. The van der Waals surface area contributed by atoms with Crippen molar-refractivity contribution < 1.29 is 13.6 Å². The number of primary amides is 1. The molecular formula is C21H22F2N4O. The summed E-state index contributed by atoms with van der Waals surface area (Å²) in [6, 6.07) is 7.48. The highest BCUT2D eigenvalue weighted by Crippen LogP contribution is 2.48. The van der Waals surface area contributed by atoms with Crippen molar-refractivity contribution in [1.82, 2.24) is 9.88 Å². The summed E-state index contributed by atoms with van der Waals surface area (Å²) >= 11 is 0. The average molecular weight is 384 g/mol. The van der Waals surface area contributed by atoms with Gasteiger partial charge in [0.15, 0.2) is 0 Å². The van der Waals surface area contributed by atoms with E-state index in [-0.39, 0.29) is 18.0 Å². The van der Waals surface area contributed by atoms with E-state index in [0.717, 1.165) is 32.0 Å². The van der Waals surface area contributed by atoms with E-state index < -0.39 is 17.5 Å². The number of hydrogen-bond donors (Lipinski definition) is 1. The minimum atomic E-state index is -0.559. The van der Waals surface area contributed by atoms with Crippen LogP contribution in [0.2, 0.25) is 0 Å². The molecule has 4 saturated heterocycles. The molecule has 4 aliphatic heterocycles. The van der Waals surface area contributed by atoms with Crippen LogP contribution in [0.25, 0.3) is 0 Å². The van der Waals surface area contributed by atoms with Crippen LogP contribution in [0.4, 0.5) is 14.6 Å². The maximum atomic E-state index is 13.9. The molecule has 0 unspecified atom stereocenters. The minimum Gasteiger partial charge on any atom is -0.365 e. The van der Waals surface area contributed by atoms with Crippen molar-refractivity contribution in [3.8, 4) is 0 Å². The average Bonchev–Trinajstić information content (AvgIpc) is 3.11. The number of carbonyl (C=O) groups excluding carboxylic acids is 1. The molecule has 4 aliphatic rings. The maximum Gasteiger partial charge on any atom is 0.252 e. The Labute approximate surface area is 162 Å². The Morgan fingerprint density at radius 2 is 1.82 bits per heavy atom. The van der Waals surface area contributed by atoms with Crippen molar-refractivity contribution in [2.75, 3.05) is 24.5 Å². The summed E-state index contributed by atoms with van der Waals surface area (Å²) in [5.74, 6) is -0.630. The Morgan fingerprint density at radius 1 is 1.11 bits per heavy atom. The summed E-state index contributed by atoms with van der Waals surface area (Å²) in [6.45, 7) is 2.56. The summed E-state index contributed by atoms with van der Waals surface area (Å²) in [5, 5.41) is 0. The summed E-state index contributed by atoms with van der Waals surface area (Å²) < 4.78 is 27.9. The zero-order chi connectivity index (χ0) is 19.4. The second kappa shape index (κ2) is 6.51. The monoisotopic (exact) mass is 384 g/mol. The number of aromatic nitrogens is 1. The molecule has 7 heteroatoms. The summed E-state index contributed by atoms with van der Waals surface area (Å²) in [6.07, 6.45) is 3.83. The third-order valence-electron chi connectivity index (χ3n) is 6.63. The number of nitrogens with two attached hydrogens (primary N) is 1. The lowest BCUT2D eigenvalue weighted by molar-refractivity contribution is 0.0353. The van der Waals surface area contributed by atoms with Gasteiger partial charge in [0.2, 0.25) is 0 Å². The fourth-order valence-electron chi connectivity index (χ4n) is 5.56. The summed E-state index contributed by atoms with van der Waals surface area (Å²) in [5.41, 5.74) is 6.65. The molecule has 0 saturated carbocycles. The number of piperidine rings is 3. The van der Waals surface area contributed by atoms with E-state index >= 15 is 0 Å². The smallest absolute Gasteiger partial charge is 0.252 e.